The molecule has 2 aliphatic rings. The van der Waals surface area contributed by atoms with Crippen LogP contribution in [0.25, 0.3) is 17.2 Å². The van der Waals surface area contributed by atoms with Crippen LogP contribution in [0.5, 0.6) is 0 Å². The van der Waals surface area contributed by atoms with Gasteiger partial charge in [0.25, 0.3) is 0 Å². The van der Waals surface area contributed by atoms with E-state index >= 15 is 0 Å². The van der Waals surface area contributed by atoms with Crippen LogP contribution >= 0.6 is 0 Å². The Morgan fingerprint density at radius 1 is 0.891 bits per heavy atom. The topological polar surface area (TPSA) is 109 Å². The van der Waals surface area contributed by atoms with Gasteiger partial charge in [0.1, 0.15) is 5.82 Å². The number of nitrogens with one attached hydrogen (secondary N) is 1. The first-order valence-corrected chi connectivity index (χ1v) is 17.7. The number of tetrazole rings is 1. The summed E-state index contributed by atoms with van der Waals surface area (Å²) in [5.41, 5.74) is 6.24. The van der Waals surface area contributed by atoms with Crippen molar-refractivity contribution >= 4 is 0 Å². The lowest BCUT2D eigenvalue weighted by Gasteiger charge is -2.27. The van der Waals surface area contributed by atoms with Crippen molar-refractivity contribution in [1.29, 1.82) is 0 Å². The molecule has 4 aromatic rings. The zero-order chi connectivity index (χ0) is 31.9. The Bertz CT molecular complexity index is 1510. The fraction of sp³-hybridized carbons (Fsp3) is 0.639. The lowest BCUT2D eigenvalue weighted by Crippen LogP contribution is -2.32. The van der Waals surface area contributed by atoms with Crippen molar-refractivity contribution in [2.45, 2.75) is 134 Å². The van der Waals surface area contributed by atoms with Crippen molar-refractivity contribution in [2.24, 2.45) is 0 Å². The van der Waals surface area contributed by atoms with Crippen LogP contribution in [0.1, 0.15) is 144 Å². The number of aromatic nitrogens is 8. The number of unbranched alkanes of at least 4 members (excludes halogenated alkanes) is 1. The number of H-pyrrole nitrogens is 1. The summed E-state index contributed by atoms with van der Waals surface area (Å²) in [6.45, 7) is 4.96. The van der Waals surface area contributed by atoms with Crippen LogP contribution in [0, 0.1) is 0 Å². The molecule has 0 aliphatic heterocycles. The van der Waals surface area contributed by atoms with Crippen LogP contribution in [0.15, 0.2) is 30.3 Å². The standard InChI is InChI=1S/C36H52N8O2/c1-5-7-18-32-37-35(36(45-3,46-4)23-6-2)40-43(32)25-26-19-21-29(22-20-26)44-31(28-16-12-9-13-17-28)24-30(27-14-10-8-11-15-27)33(44)34-38-41-42-39-34/h19-22,24,27-28H,5-18,23,25H2,1-4H3,(H,38,39,41,42). The van der Waals surface area contributed by atoms with Gasteiger partial charge in [0.15, 0.2) is 0 Å². The lowest BCUT2D eigenvalue weighted by molar-refractivity contribution is -0.225. The van der Waals surface area contributed by atoms with Crippen LogP contribution < -0.4 is 0 Å². The van der Waals surface area contributed by atoms with E-state index in [4.69, 9.17) is 19.6 Å². The molecule has 2 aliphatic carbocycles. The second kappa shape index (κ2) is 15.0. The molecule has 0 unspecified atom stereocenters. The third-order valence-electron chi connectivity index (χ3n) is 10.3. The van der Waals surface area contributed by atoms with E-state index in [9.17, 15) is 0 Å². The van der Waals surface area contributed by atoms with Gasteiger partial charge in [-0.25, -0.2) is 9.67 Å². The van der Waals surface area contributed by atoms with Gasteiger partial charge in [0.05, 0.1) is 12.2 Å². The average molecular weight is 629 g/mol. The lowest BCUT2D eigenvalue weighted by atomic mass is 9.82. The minimum Gasteiger partial charge on any atom is -0.347 e. The molecule has 10 heteroatoms. The van der Waals surface area contributed by atoms with Gasteiger partial charge in [0, 0.05) is 38.4 Å². The molecule has 1 N–H and O–H groups in total. The quantitative estimate of drug-likeness (QED) is 0.141. The Morgan fingerprint density at radius 3 is 2.20 bits per heavy atom. The first kappa shape index (κ1) is 32.6. The van der Waals surface area contributed by atoms with Crippen molar-refractivity contribution < 1.29 is 9.47 Å². The van der Waals surface area contributed by atoms with Crippen LogP contribution in [0.4, 0.5) is 0 Å². The Labute approximate surface area is 273 Å². The normalized spacial score (nSPS) is 16.8. The highest BCUT2D eigenvalue weighted by Gasteiger charge is 2.37. The van der Waals surface area contributed by atoms with Crippen LogP contribution in [-0.2, 0) is 28.2 Å². The van der Waals surface area contributed by atoms with Crippen molar-refractivity contribution in [3.05, 3.63) is 58.8 Å². The number of aryl methyl sites for hydroxylation is 1. The Balaban J connectivity index is 1.37. The zero-order valence-corrected chi connectivity index (χ0v) is 28.3. The highest BCUT2D eigenvalue weighted by atomic mass is 16.7. The SMILES string of the molecule is CCCCc1nc(C(CCC)(OC)OC)nn1Cc1ccc(-n2c(C3CCCCC3)cc(C3CCCCC3)c2-c2nn[nH]n2)cc1. The van der Waals surface area contributed by atoms with E-state index in [0.29, 0.717) is 36.5 Å². The van der Waals surface area contributed by atoms with Crippen molar-refractivity contribution in [2.75, 3.05) is 14.2 Å². The number of benzene rings is 1. The van der Waals surface area contributed by atoms with E-state index in [-0.39, 0.29) is 0 Å². The molecule has 0 amide bonds. The number of rotatable bonds is 14. The van der Waals surface area contributed by atoms with Gasteiger partial charge in [0.2, 0.25) is 17.4 Å². The summed E-state index contributed by atoms with van der Waals surface area (Å²) in [7, 11) is 3.35. The summed E-state index contributed by atoms with van der Waals surface area (Å²) in [6.07, 6.45) is 17.3. The number of hydrogen-bond acceptors (Lipinski definition) is 7. The highest BCUT2D eigenvalue weighted by molar-refractivity contribution is 5.63. The first-order valence-electron chi connectivity index (χ1n) is 17.7. The summed E-state index contributed by atoms with van der Waals surface area (Å²) >= 11 is 0. The molecule has 2 saturated carbocycles. The van der Waals surface area contributed by atoms with Crippen LogP contribution in [0.2, 0.25) is 0 Å². The summed E-state index contributed by atoms with van der Waals surface area (Å²) in [4.78, 5) is 4.97. The van der Waals surface area contributed by atoms with Gasteiger partial charge in [-0.1, -0.05) is 77.3 Å². The molecule has 248 valence electrons. The number of nitrogens with zero attached hydrogens (tertiary/aromatic N) is 7. The molecule has 0 bridgehead atoms. The molecule has 2 fully saturated rings. The first-order chi connectivity index (χ1) is 22.6. The van der Waals surface area contributed by atoms with Crippen LogP contribution in [0.3, 0.4) is 0 Å². The Hall–Kier alpha value is -3.37. The third-order valence-corrected chi connectivity index (χ3v) is 10.3. The van der Waals surface area contributed by atoms with E-state index in [0.717, 1.165) is 42.9 Å². The minimum absolute atomic E-state index is 0.534. The Kier molecular flexibility index (Phi) is 10.6. The predicted octanol–water partition coefficient (Wildman–Crippen LogP) is 7.98. The molecule has 0 saturated heterocycles. The summed E-state index contributed by atoms with van der Waals surface area (Å²) in [6, 6.07) is 11.5. The van der Waals surface area contributed by atoms with Gasteiger partial charge in [-0.3, -0.25) is 0 Å². The minimum atomic E-state index is -0.934. The molecule has 1 aromatic carbocycles. The summed E-state index contributed by atoms with van der Waals surface area (Å²) < 4.78 is 16.2. The summed E-state index contributed by atoms with van der Waals surface area (Å²) in [5, 5.41) is 20.8. The molecule has 10 nitrogen and oxygen atoms in total. The maximum Gasteiger partial charge on any atom is 0.231 e. The number of ether oxygens (including phenoxy) is 2. The molecule has 0 spiro atoms. The molecule has 0 atom stereocenters. The van der Waals surface area contributed by atoms with Gasteiger partial charge >= 0.3 is 0 Å². The van der Waals surface area contributed by atoms with E-state index < -0.39 is 5.79 Å². The maximum absolute atomic E-state index is 5.87. The monoisotopic (exact) mass is 628 g/mol. The number of aromatic amines is 1. The predicted molar refractivity (Wildman–Crippen MR) is 179 cm³/mol. The van der Waals surface area contributed by atoms with Gasteiger partial charge in [-0.05, 0) is 78.5 Å². The fourth-order valence-corrected chi connectivity index (χ4v) is 7.76. The van der Waals surface area contributed by atoms with E-state index in [1.54, 1.807) is 14.2 Å². The summed E-state index contributed by atoms with van der Waals surface area (Å²) in [5.74, 6) is 2.40. The van der Waals surface area contributed by atoms with Crippen molar-refractivity contribution in [3.8, 4) is 17.2 Å². The van der Waals surface area contributed by atoms with E-state index in [2.05, 4.69) is 69.4 Å². The molecular formula is C36H52N8O2. The largest absolute Gasteiger partial charge is 0.347 e. The molecule has 3 aromatic heterocycles. The Morgan fingerprint density at radius 2 is 1.59 bits per heavy atom. The highest BCUT2D eigenvalue weighted by Crippen LogP contribution is 2.44. The maximum atomic E-state index is 5.87. The fourth-order valence-electron chi connectivity index (χ4n) is 7.76. The van der Waals surface area contributed by atoms with Crippen molar-refractivity contribution in [1.82, 2.24) is 40.0 Å². The van der Waals surface area contributed by atoms with Gasteiger partial charge < -0.3 is 14.0 Å². The van der Waals surface area contributed by atoms with Gasteiger partial charge in [-0.15, -0.1) is 15.3 Å². The average Bonchev–Trinajstić information content (AvgIpc) is 3.87. The van der Waals surface area contributed by atoms with E-state index in [1.165, 1.54) is 81.0 Å². The van der Waals surface area contributed by atoms with Gasteiger partial charge in [-0.2, -0.15) is 5.21 Å². The second-order valence-corrected chi connectivity index (χ2v) is 13.3. The second-order valence-electron chi connectivity index (χ2n) is 13.3. The third kappa shape index (κ3) is 6.69. The van der Waals surface area contributed by atoms with E-state index in [1.807, 2.05) is 4.68 Å². The molecule has 3 heterocycles. The molecule has 46 heavy (non-hydrogen) atoms. The van der Waals surface area contributed by atoms with Crippen LogP contribution in [-0.4, -0.2) is 54.2 Å². The van der Waals surface area contributed by atoms with Crippen molar-refractivity contribution in [3.63, 3.8) is 0 Å². The molecule has 0 radical (unpaired) electrons. The zero-order valence-electron chi connectivity index (χ0n) is 28.3. The molecular weight excluding hydrogens is 576 g/mol. The number of methoxy groups -OCH3 is 2. The molecule has 6 rings (SSSR count). The number of hydrogen-bond donors (Lipinski definition) is 1. The smallest absolute Gasteiger partial charge is 0.231 e.